The van der Waals surface area contributed by atoms with Gasteiger partial charge in [0.05, 0.1) is 0 Å². The molecule has 0 saturated carbocycles. The minimum atomic E-state index is -0.418. The molecule has 1 amide bonds. The van der Waals surface area contributed by atoms with Crippen LogP contribution in [0.4, 0.5) is 6.01 Å². The number of rotatable bonds is 8. The van der Waals surface area contributed by atoms with Crippen molar-refractivity contribution in [1.82, 2.24) is 10.2 Å². The number of halogens is 1. The average Bonchev–Trinajstić information content (AvgIpc) is 2.73. The van der Waals surface area contributed by atoms with Crippen LogP contribution in [-0.4, -0.2) is 35.1 Å². The first kappa shape index (κ1) is 13.8. The number of primary amides is 1. The zero-order valence-corrected chi connectivity index (χ0v) is 10.6. The van der Waals surface area contributed by atoms with Gasteiger partial charge in [-0.15, -0.1) is 16.7 Å². The summed E-state index contributed by atoms with van der Waals surface area (Å²) < 4.78 is 5.40. The Labute approximate surface area is 105 Å². The topological polar surface area (TPSA) is 85.2 Å². The molecule has 2 N–H and O–H groups in total. The maximum Gasteiger partial charge on any atom is 0.318 e. The van der Waals surface area contributed by atoms with Crippen LogP contribution < -0.4 is 10.6 Å². The van der Waals surface area contributed by atoms with Gasteiger partial charge < -0.3 is 15.1 Å². The quantitative estimate of drug-likeness (QED) is 0.703. The van der Waals surface area contributed by atoms with Crippen molar-refractivity contribution < 1.29 is 9.21 Å². The number of unbranched alkanes of at least 4 members (excludes halogenated alkanes) is 1. The number of hydrogen-bond donors (Lipinski definition) is 1. The molecular weight excluding hydrogens is 244 g/mol. The van der Waals surface area contributed by atoms with E-state index < -0.39 is 5.91 Å². The van der Waals surface area contributed by atoms with Gasteiger partial charge in [0, 0.05) is 18.8 Å². The largest absolute Gasteiger partial charge is 0.408 e. The molecule has 0 fully saturated rings. The molecule has 0 aliphatic carbocycles. The summed E-state index contributed by atoms with van der Waals surface area (Å²) in [6, 6.07) is 0.331. The number of carbonyl (C=O) groups is 1. The van der Waals surface area contributed by atoms with Crippen LogP contribution in [0.1, 0.15) is 25.7 Å². The van der Waals surface area contributed by atoms with E-state index in [1.807, 2.05) is 0 Å². The van der Waals surface area contributed by atoms with E-state index in [1.54, 1.807) is 4.90 Å². The molecule has 0 bridgehead atoms. The monoisotopic (exact) mass is 260 g/mol. The molecule has 0 atom stereocenters. The lowest BCUT2D eigenvalue weighted by atomic mass is 10.3. The summed E-state index contributed by atoms with van der Waals surface area (Å²) >= 11 is 5.58. The van der Waals surface area contributed by atoms with Crippen LogP contribution in [0, 0.1) is 0 Å². The Morgan fingerprint density at radius 1 is 1.53 bits per heavy atom. The molecule has 1 heterocycles. The van der Waals surface area contributed by atoms with Crippen molar-refractivity contribution in [3.63, 3.8) is 0 Å². The smallest absolute Gasteiger partial charge is 0.318 e. The number of carbonyl (C=O) groups excluding carboxylic acids is 1. The highest BCUT2D eigenvalue weighted by Crippen LogP contribution is 2.13. The van der Waals surface area contributed by atoms with Crippen molar-refractivity contribution in [1.29, 1.82) is 0 Å². The second-order valence-electron chi connectivity index (χ2n) is 3.66. The standard InChI is InChI=1S/C10H17ClN4O2/c1-2-3-6-15(7-8(12)16)10-14-13-9(17-10)4-5-11/h2-7H2,1H3,(H2,12,16). The summed E-state index contributed by atoms with van der Waals surface area (Å²) in [6.45, 7) is 2.82. The van der Waals surface area contributed by atoms with Gasteiger partial charge in [-0.25, -0.2) is 0 Å². The molecule has 0 saturated heterocycles. The van der Waals surface area contributed by atoms with Gasteiger partial charge in [0.25, 0.3) is 0 Å². The van der Waals surface area contributed by atoms with E-state index in [2.05, 4.69) is 17.1 Å². The van der Waals surface area contributed by atoms with Crippen molar-refractivity contribution in [2.45, 2.75) is 26.2 Å². The summed E-state index contributed by atoms with van der Waals surface area (Å²) in [5, 5.41) is 7.73. The maximum absolute atomic E-state index is 10.9. The number of anilines is 1. The van der Waals surface area contributed by atoms with Crippen LogP contribution in [0.25, 0.3) is 0 Å². The Hall–Kier alpha value is -1.30. The molecule has 0 aliphatic heterocycles. The molecule has 1 rings (SSSR count). The minimum Gasteiger partial charge on any atom is -0.408 e. The molecule has 0 radical (unpaired) electrons. The maximum atomic E-state index is 10.9. The first-order valence-corrected chi connectivity index (χ1v) is 6.12. The highest BCUT2D eigenvalue weighted by Gasteiger charge is 2.15. The SMILES string of the molecule is CCCCN(CC(N)=O)c1nnc(CCCl)o1. The van der Waals surface area contributed by atoms with E-state index in [1.165, 1.54) is 0 Å². The third kappa shape index (κ3) is 4.60. The number of hydrogen-bond acceptors (Lipinski definition) is 5. The molecule has 6 nitrogen and oxygen atoms in total. The molecule has 0 aliphatic rings. The molecule has 96 valence electrons. The van der Waals surface area contributed by atoms with E-state index in [0.717, 1.165) is 12.8 Å². The Kier molecular flexibility index (Phi) is 5.76. The zero-order chi connectivity index (χ0) is 12.7. The third-order valence-corrected chi connectivity index (χ3v) is 2.35. The van der Waals surface area contributed by atoms with E-state index in [-0.39, 0.29) is 6.54 Å². The molecule has 1 aromatic heterocycles. The Bertz CT molecular complexity index is 356. The molecule has 17 heavy (non-hydrogen) atoms. The van der Waals surface area contributed by atoms with Crippen LogP contribution in [0.5, 0.6) is 0 Å². The molecule has 0 spiro atoms. The molecule has 7 heteroatoms. The van der Waals surface area contributed by atoms with E-state index in [9.17, 15) is 4.79 Å². The first-order chi connectivity index (χ1) is 8.17. The van der Waals surface area contributed by atoms with E-state index in [0.29, 0.717) is 30.8 Å². The van der Waals surface area contributed by atoms with Gasteiger partial charge in [0.1, 0.15) is 6.54 Å². The normalized spacial score (nSPS) is 10.5. The Morgan fingerprint density at radius 2 is 2.29 bits per heavy atom. The number of nitrogens with two attached hydrogens (primary N) is 1. The number of aromatic nitrogens is 2. The van der Waals surface area contributed by atoms with Gasteiger partial charge in [-0.2, -0.15) is 0 Å². The van der Waals surface area contributed by atoms with Gasteiger partial charge in [0.2, 0.25) is 11.8 Å². The number of amides is 1. The lowest BCUT2D eigenvalue weighted by Crippen LogP contribution is -2.34. The number of alkyl halides is 1. The Balaban J connectivity index is 2.68. The second kappa shape index (κ2) is 7.11. The molecule has 0 unspecified atom stereocenters. The summed E-state index contributed by atoms with van der Waals surface area (Å²) in [7, 11) is 0. The predicted molar refractivity (Wildman–Crippen MR) is 65.0 cm³/mol. The van der Waals surface area contributed by atoms with E-state index >= 15 is 0 Å². The van der Waals surface area contributed by atoms with Crippen LogP contribution >= 0.6 is 11.6 Å². The van der Waals surface area contributed by atoms with Crippen molar-refractivity contribution in [2.24, 2.45) is 5.73 Å². The van der Waals surface area contributed by atoms with Gasteiger partial charge in [-0.1, -0.05) is 18.4 Å². The summed E-state index contributed by atoms with van der Waals surface area (Å²) in [5.41, 5.74) is 5.18. The van der Waals surface area contributed by atoms with Gasteiger partial charge in [-0.05, 0) is 6.42 Å². The van der Waals surface area contributed by atoms with Crippen molar-refractivity contribution in [2.75, 3.05) is 23.9 Å². The third-order valence-electron chi connectivity index (χ3n) is 2.16. The lowest BCUT2D eigenvalue weighted by molar-refractivity contribution is -0.116. The predicted octanol–water partition coefficient (Wildman–Crippen LogP) is 0.943. The lowest BCUT2D eigenvalue weighted by Gasteiger charge is -2.17. The van der Waals surface area contributed by atoms with Crippen LogP contribution in [-0.2, 0) is 11.2 Å². The van der Waals surface area contributed by atoms with E-state index in [4.69, 9.17) is 21.8 Å². The molecule has 0 aromatic carbocycles. The first-order valence-electron chi connectivity index (χ1n) is 5.59. The average molecular weight is 261 g/mol. The zero-order valence-electron chi connectivity index (χ0n) is 9.86. The Morgan fingerprint density at radius 3 is 2.88 bits per heavy atom. The van der Waals surface area contributed by atoms with Crippen LogP contribution in [0.2, 0.25) is 0 Å². The highest BCUT2D eigenvalue weighted by atomic mass is 35.5. The fourth-order valence-corrected chi connectivity index (χ4v) is 1.50. The van der Waals surface area contributed by atoms with Gasteiger partial charge >= 0.3 is 6.01 Å². The fraction of sp³-hybridized carbons (Fsp3) is 0.700. The van der Waals surface area contributed by atoms with Crippen LogP contribution in [0.3, 0.4) is 0 Å². The summed E-state index contributed by atoms with van der Waals surface area (Å²) in [6.07, 6.45) is 2.46. The van der Waals surface area contributed by atoms with Crippen molar-refractivity contribution in [3.05, 3.63) is 5.89 Å². The minimum absolute atomic E-state index is 0.0858. The number of aryl methyl sites for hydroxylation is 1. The summed E-state index contributed by atoms with van der Waals surface area (Å²) in [4.78, 5) is 12.6. The molecular formula is C10H17ClN4O2. The van der Waals surface area contributed by atoms with Crippen molar-refractivity contribution in [3.8, 4) is 0 Å². The fourth-order valence-electron chi connectivity index (χ4n) is 1.33. The second-order valence-corrected chi connectivity index (χ2v) is 4.04. The van der Waals surface area contributed by atoms with Gasteiger partial charge in [0.15, 0.2) is 0 Å². The number of nitrogens with zero attached hydrogens (tertiary/aromatic N) is 3. The van der Waals surface area contributed by atoms with Gasteiger partial charge in [-0.3, -0.25) is 4.79 Å². The molecule has 1 aromatic rings. The van der Waals surface area contributed by atoms with Crippen molar-refractivity contribution >= 4 is 23.5 Å². The summed E-state index contributed by atoms with van der Waals surface area (Å²) in [5.74, 6) is 0.478. The van der Waals surface area contributed by atoms with Crippen LogP contribution in [0.15, 0.2) is 4.42 Å². The highest BCUT2D eigenvalue weighted by molar-refractivity contribution is 6.17.